The van der Waals surface area contributed by atoms with Gasteiger partial charge in [-0.05, 0) is 42.5 Å². The molecule has 0 bridgehead atoms. The van der Waals surface area contributed by atoms with Crippen molar-refractivity contribution < 1.29 is 28.2 Å². The summed E-state index contributed by atoms with van der Waals surface area (Å²) in [6.45, 7) is -0.0637. The van der Waals surface area contributed by atoms with Crippen LogP contribution in [0.5, 0.6) is 5.75 Å². The average Bonchev–Trinajstić information content (AvgIpc) is 3.20. The van der Waals surface area contributed by atoms with Gasteiger partial charge in [0, 0.05) is 10.6 Å². The molecule has 28 heavy (non-hydrogen) atoms. The normalized spacial score (nSPS) is 10.4. The molecular formula is C19H15ClN2O6. The van der Waals surface area contributed by atoms with E-state index in [0.29, 0.717) is 16.5 Å². The van der Waals surface area contributed by atoms with E-state index in [9.17, 15) is 9.59 Å². The minimum absolute atomic E-state index is 0.0637. The van der Waals surface area contributed by atoms with Gasteiger partial charge >= 0.3 is 11.9 Å². The number of esters is 2. The van der Waals surface area contributed by atoms with Gasteiger partial charge in [0.15, 0.2) is 6.61 Å². The predicted molar refractivity (Wildman–Crippen MR) is 98.2 cm³/mol. The van der Waals surface area contributed by atoms with E-state index in [2.05, 4.69) is 19.7 Å². The Hall–Kier alpha value is -3.39. The van der Waals surface area contributed by atoms with Crippen LogP contribution in [0.15, 0.2) is 46.9 Å². The first-order valence-corrected chi connectivity index (χ1v) is 8.41. The number of ether oxygens (including phenoxy) is 3. The Bertz CT molecular complexity index is 966. The first kappa shape index (κ1) is 19.4. The van der Waals surface area contributed by atoms with Crippen LogP contribution in [0.2, 0.25) is 5.02 Å². The summed E-state index contributed by atoms with van der Waals surface area (Å²) in [5.74, 6) is -0.451. The first-order valence-electron chi connectivity index (χ1n) is 8.03. The molecule has 0 atom stereocenters. The highest BCUT2D eigenvalue weighted by molar-refractivity contribution is 6.30. The highest BCUT2D eigenvalue weighted by atomic mass is 35.5. The Morgan fingerprint density at radius 3 is 2.14 bits per heavy atom. The summed E-state index contributed by atoms with van der Waals surface area (Å²) in [5, 5.41) is 8.47. The number of benzene rings is 2. The number of methoxy groups -OCH3 is 2. The number of carbonyl (C=O) groups excluding carboxylic acids is 2. The van der Waals surface area contributed by atoms with Crippen LogP contribution in [0.4, 0.5) is 0 Å². The number of hydrogen-bond acceptors (Lipinski definition) is 8. The van der Waals surface area contributed by atoms with E-state index in [1.807, 2.05) is 0 Å². The zero-order valence-corrected chi connectivity index (χ0v) is 15.7. The Labute approximate surface area is 165 Å². The van der Waals surface area contributed by atoms with Gasteiger partial charge < -0.3 is 18.6 Å². The van der Waals surface area contributed by atoms with Gasteiger partial charge in [-0.1, -0.05) is 11.6 Å². The Morgan fingerprint density at radius 2 is 1.57 bits per heavy atom. The molecule has 0 amide bonds. The molecule has 0 saturated heterocycles. The summed E-state index contributed by atoms with van der Waals surface area (Å²) >= 11 is 5.86. The van der Waals surface area contributed by atoms with Crippen LogP contribution < -0.4 is 4.74 Å². The third kappa shape index (κ3) is 4.47. The summed E-state index contributed by atoms with van der Waals surface area (Å²) in [6.07, 6.45) is 0. The maximum Gasteiger partial charge on any atom is 0.338 e. The van der Waals surface area contributed by atoms with Crippen LogP contribution in [0, 0.1) is 0 Å². The Kier molecular flexibility index (Phi) is 5.90. The number of carbonyl (C=O) groups is 2. The second-order valence-electron chi connectivity index (χ2n) is 5.53. The summed E-state index contributed by atoms with van der Waals surface area (Å²) < 4.78 is 20.5. The number of aromatic nitrogens is 2. The van der Waals surface area contributed by atoms with Gasteiger partial charge in [-0.3, -0.25) is 0 Å². The van der Waals surface area contributed by atoms with Crippen molar-refractivity contribution in [3.8, 4) is 17.2 Å². The lowest BCUT2D eigenvalue weighted by molar-refractivity contribution is 0.0598. The van der Waals surface area contributed by atoms with Crippen LogP contribution in [-0.2, 0) is 16.1 Å². The van der Waals surface area contributed by atoms with Gasteiger partial charge in [0.25, 0.3) is 5.89 Å². The van der Waals surface area contributed by atoms with Crippen LogP contribution in [0.3, 0.4) is 0 Å². The van der Waals surface area contributed by atoms with E-state index in [4.69, 9.17) is 20.8 Å². The highest BCUT2D eigenvalue weighted by Crippen LogP contribution is 2.22. The Morgan fingerprint density at radius 1 is 0.964 bits per heavy atom. The molecule has 0 N–H and O–H groups in total. The quantitative estimate of drug-likeness (QED) is 0.577. The highest BCUT2D eigenvalue weighted by Gasteiger charge is 2.15. The average molecular weight is 403 g/mol. The third-order valence-electron chi connectivity index (χ3n) is 3.67. The fourth-order valence-electron chi connectivity index (χ4n) is 2.32. The lowest BCUT2D eigenvalue weighted by Crippen LogP contribution is -2.08. The molecule has 8 nitrogen and oxygen atoms in total. The van der Waals surface area contributed by atoms with Gasteiger partial charge in [-0.15, -0.1) is 10.2 Å². The number of nitrogens with zero attached hydrogens (tertiary/aromatic N) is 2. The molecule has 0 aliphatic carbocycles. The standard InChI is InChI=1S/C19H15ClN2O6/c1-25-18(23)12-7-13(19(24)26-2)9-15(8-12)27-10-16-21-22-17(28-16)11-3-5-14(20)6-4-11/h3-9H,10H2,1-2H3. The molecule has 1 heterocycles. The SMILES string of the molecule is COC(=O)c1cc(OCc2nnc(-c3ccc(Cl)cc3)o2)cc(C(=O)OC)c1. The topological polar surface area (TPSA) is 101 Å². The van der Waals surface area contributed by atoms with Crippen molar-refractivity contribution in [2.75, 3.05) is 14.2 Å². The molecule has 0 aliphatic heterocycles. The molecule has 0 fully saturated rings. The van der Waals surface area contributed by atoms with Gasteiger partial charge in [0.1, 0.15) is 5.75 Å². The van der Waals surface area contributed by atoms with E-state index >= 15 is 0 Å². The molecule has 3 aromatic rings. The second kappa shape index (κ2) is 8.53. The van der Waals surface area contributed by atoms with Crippen molar-refractivity contribution in [3.63, 3.8) is 0 Å². The molecular weight excluding hydrogens is 388 g/mol. The third-order valence-corrected chi connectivity index (χ3v) is 3.92. The fourth-order valence-corrected chi connectivity index (χ4v) is 2.45. The minimum atomic E-state index is -0.613. The second-order valence-corrected chi connectivity index (χ2v) is 5.96. The van der Waals surface area contributed by atoms with Crippen molar-refractivity contribution >= 4 is 23.5 Å². The molecule has 0 radical (unpaired) electrons. The van der Waals surface area contributed by atoms with Crippen LogP contribution in [0.25, 0.3) is 11.5 Å². The van der Waals surface area contributed by atoms with Crippen molar-refractivity contribution in [2.24, 2.45) is 0 Å². The first-order chi connectivity index (χ1) is 13.5. The molecule has 2 aromatic carbocycles. The molecule has 3 rings (SSSR count). The molecule has 144 valence electrons. The van der Waals surface area contributed by atoms with E-state index < -0.39 is 11.9 Å². The van der Waals surface area contributed by atoms with Crippen molar-refractivity contribution in [1.82, 2.24) is 10.2 Å². The van der Waals surface area contributed by atoms with Crippen molar-refractivity contribution in [2.45, 2.75) is 6.61 Å². The van der Waals surface area contributed by atoms with Crippen LogP contribution in [-0.4, -0.2) is 36.4 Å². The predicted octanol–water partition coefficient (Wildman–Crippen LogP) is 3.54. The van der Waals surface area contributed by atoms with E-state index in [1.54, 1.807) is 24.3 Å². The molecule has 0 unspecified atom stereocenters. The van der Waals surface area contributed by atoms with E-state index in [0.717, 1.165) is 0 Å². The van der Waals surface area contributed by atoms with Crippen molar-refractivity contribution in [3.05, 3.63) is 64.5 Å². The molecule has 0 spiro atoms. The maximum absolute atomic E-state index is 11.8. The maximum atomic E-state index is 11.8. The lowest BCUT2D eigenvalue weighted by atomic mass is 10.1. The van der Waals surface area contributed by atoms with Gasteiger partial charge in [-0.25, -0.2) is 9.59 Å². The Balaban J connectivity index is 1.77. The summed E-state index contributed by atoms with van der Waals surface area (Å²) in [4.78, 5) is 23.6. The monoisotopic (exact) mass is 402 g/mol. The molecule has 0 saturated carbocycles. The van der Waals surface area contributed by atoms with Crippen LogP contribution >= 0.6 is 11.6 Å². The number of rotatable bonds is 6. The summed E-state index contributed by atoms with van der Waals surface area (Å²) in [7, 11) is 2.48. The molecule has 0 aliphatic rings. The van der Waals surface area contributed by atoms with Crippen LogP contribution in [0.1, 0.15) is 26.6 Å². The summed E-state index contributed by atoms with van der Waals surface area (Å²) in [6, 6.07) is 11.2. The van der Waals surface area contributed by atoms with Gasteiger partial charge in [-0.2, -0.15) is 0 Å². The number of hydrogen-bond donors (Lipinski definition) is 0. The molecule has 9 heteroatoms. The van der Waals surface area contributed by atoms with Crippen molar-refractivity contribution in [1.29, 1.82) is 0 Å². The zero-order chi connectivity index (χ0) is 20.1. The van der Waals surface area contributed by atoms with Gasteiger partial charge in [0.05, 0.1) is 25.3 Å². The fraction of sp³-hybridized carbons (Fsp3) is 0.158. The summed E-state index contributed by atoms with van der Waals surface area (Å²) in [5.41, 5.74) is 1.00. The lowest BCUT2D eigenvalue weighted by Gasteiger charge is -2.08. The van der Waals surface area contributed by atoms with Gasteiger partial charge in [0.2, 0.25) is 5.89 Å². The molecule has 1 aromatic heterocycles. The van der Waals surface area contributed by atoms with E-state index in [-0.39, 0.29) is 29.4 Å². The van der Waals surface area contributed by atoms with E-state index in [1.165, 1.54) is 32.4 Å². The largest absolute Gasteiger partial charge is 0.484 e. The minimum Gasteiger partial charge on any atom is -0.484 e. The zero-order valence-electron chi connectivity index (χ0n) is 15.0. The smallest absolute Gasteiger partial charge is 0.338 e. The number of halogens is 1.